The van der Waals surface area contributed by atoms with Crippen molar-refractivity contribution in [2.24, 2.45) is 0 Å². The van der Waals surface area contributed by atoms with Gasteiger partial charge in [-0.2, -0.15) is 0 Å². The molecule has 0 saturated heterocycles. The molecule has 1 atom stereocenters. The predicted molar refractivity (Wildman–Crippen MR) is 108 cm³/mol. The Morgan fingerprint density at radius 3 is 2.56 bits per heavy atom. The average Bonchev–Trinajstić information content (AvgIpc) is 3.16. The second-order valence-electron chi connectivity index (χ2n) is 6.48. The summed E-state index contributed by atoms with van der Waals surface area (Å²) in [6, 6.07) is 23.3. The number of H-pyrrole nitrogens is 1. The Morgan fingerprint density at radius 1 is 0.963 bits per heavy atom. The van der Waals surface area contributed by atoms with Crippen molar-refractivity contribution >= 4 is 16.7 Å². The van der Waals surface area contributed by atoms with Crippen molar-refractivity contribution < 1.29 is 4.79 Å². The quantitative estimate of drug-likeness (QED) is 0.486. The summed E-state index contributed by atoms with van der Waals surface area (Å²) >= 11 is 0. The zero-order valence-electron chi connectivity index (χ0n) is 14.9. The molecule has 0 amide bonds. The molecule has 2 N–H and O–H groups in total. The molecule has 134 valence electrons. The number of hydrogen-bond donors (Lipinski definition) is 2. The summed E-state index contributed by atoms with van der Waals surface area (Å²) in [4.78, 5) is 20.9. The van der Waals surface area contributed by atoms with E-state index in [1.807, 2.05) is 79.0 Å². The number of carbonyl (C=O) groups is 1. The van der Waals surface area contributed by atoms with E-state index in [1.165, 1.54) is 0 Å². The molecule has 0 unspecified atom stereocenters. The maximum Gasteiger partial charge on any atom is 0.186 e. The summed E-state index contributed by atoms with van der Waals surface area (Å²) in [5.41, 5.74) is 3.66. The fourth-order valence-corrected chi connectivity index (χ4v) is 3.33. The van der Waals surface area contributed by atoms with Crippen LogP contribution in [0.15, 0.2) is 85.2 Å². The molecule has 0 aliphatic carbocycles. The minimum atomic E-state index is -0.394. The van der Waals surface area contributed by atoms with Gasteiger partial charge in [0.05, 0.1) is 6.04 Å². The van der Waals surface area contributed by atoms with Gasteiger partial charge in [-0.3, -0.25) is 9.78 Å². The van der Waals surface area contributed by atoms with E-state index in [-0.39, 0.29) is 5.78 Å². The smallest absolute Gasteiger partial charge is 0.186 e. The van der Waals surface area contributed by atoms with Crippen LogP contribution in [0.3, 0.4) is 0 Å². The zero-order chi connectivity index (χ0) is 18.5. The van der Waals surface area contributed by atoms with E-state index in [1.54, 1.807) is 6.20 Å². The van der Waals surface area contributed by atoms with Crippen LogP contribution in [0.1, 0.15) is 27.7 Å². The zero-order valence-corrected chi connectivity index (χ0v) is 14.9. The number of para-hydroxylation sites is 1. The molecule has 2 aromatic heterocycles. The summed E-state index contributed by atoms with van der Waals surface area (Å²) in [6.45, 7) is 0.671. The summed E-state index contributed by atoms with van der Waals surface area (Å²) in [6.07, 6.45) is 4.37. The Balaban J connectivity index is 1.59. The molecule has 0 aliphatic heterocycles. The summed E-state index contributed by atoms with van der Waals surface area (Å²) < 4.78 is 0. The van der Waals surface area contributed by atoms with Gasteiger partial charge in [0, 0.05) is 47.5 Å². The molecule has 2 heterocycles. The van der Waals surface area contributed by atoms with Crippen molar-refractivity contribution in [3.8, 4) is 0 Å². The van der Waals surface area contributed by atoms with Gasteiger partial charge >= 0.3 is 0 Å². The van der Waals surface area contributed by atoms with Crippen molar-refractivity contribution in [3.05, 3.63) is 102 Å². The van der Waals surface area contributed by atoms with Gasteiger partial charge < -0.3 is 10.3 Å². The maximum atomic E-state index is 13.4. The van der Waals surface area contributed by atoms with Crippen molar-refractivity contribution in [3.63, 3.8) is 0 Å². The highest BCUT2D eigenvalue weighted by molar-refractivity contribution is 6.10. The van der Waals surface area contributed by atoms with Crippen LogP contribution < -0.4 is 5.32 Å². The lowest BCUT2D eigenvalue weighted by atomic mass is 9.97. The first-order valence-corrected chi connectivity index (χ1v) is 9.11. The van der Waals surface area contributed by atoms with Crippen LogP contribution in [0.4, 0.5) is 0 Å². The van der Waals surface area contributed by atoms with Crippen LogP contribution in [0.5, 0.6) is 0 Å². The highest BCUT2D eigenvalue weighted by Crippen LogP contribution is 2.24. The van der Waals surface area contributed by atoms with Crippen LogP contribution in [0.25, 0.3) is 10.9 Å². The Kier molecular flexibility index (Phi) is 5.08. The number of rotatable bonds is 7. The molecule has 4 nitrogen and oxygen atoms in total. The van der Waals surface area contributed by atoms with Crippen molar-refractivity contribution in [2.45, 2.75) is 12.5 Å². The van der Waals surface area contributed by atoms with E-state index in [0.717, 1.165) is 28.6 Å². The number of hydrogen-bond acceptors (Lipinski definition) is 3. The van der Waals surface area contributed by atoms with Crippen LogP contribution in [0.2, 0.25) is 0 Å². The molecule has 0 aliphatic rings. The van der Waals surface area contributed by atoms with Crippen LogP contribution in [-0.2, 0) is 6.42 Å². The molecule has 27 heavy (non-hydrogen) atoms. The minimum absolute atomic E-state index is 0.0691. The number of pyridine rings is 1. The van der Waals surface area contributed by atoms with E-state index < -0.39 is 6.04 Å². The van der Waals surface area contributed by atoms with Crippen LogP contribution >= 0.6 is 0 Å². The highest BCUT2D eigenvalue weighted by Gasteiger charge is 2.23. The number of aromatic nitrogens is 2. The van der Waals surface area contributed by atoms with E-state index in [9.17, 15) is 4.79 Å². The first kappa shape index (κ1) is 17.2. The molecular formula is C23H21N3O. The van der Waals surface area contributed by atoms with Crippen molar-refractivity contribution in [2.75, 3.05) is 6.54 Å². The van der Waals surface area contributed by atoms with Crippen LogP contribution in [-0.4, -0.2) is 22.3 Å². The fraction of sp³-hybridized carbons (Fsp3) is 0.130. The van der Waals surface area contributed by atoms with Crippen molar-refractivity contribution in [1.82, 2.24) is 15.3 Å². The molecule has 4 heteroatoms. The maximum absolute atomic E-state index is 13.4. The number of aromatic amines is 1. The largest absolute Gasteiger partial charge is 0.360 e. The molecule has 0 radical (unpaired) electrons. The SMILES string of the molecule is O=C(c1c[nH]c2ccccc12)[C@H](NCCc1ccccn1)c1ccccc1. The highest BCUT2D eigenvalue weighted by atomic mass is 16.1. The normalized spacial score (nSPS) is 12.1. The summed E-state index contributed by atoms with van der Waals surface area (Å²) in [7, 11) is 0. The first-order valence-electron chi connectivity index (χ1n) is 9.11. The minimum Gasteiger partial charge on any atom is -0.360 e. The molecule has 0 saturated carbocycles. The third kappa shape index (κ3) is 3.81. The molecule has 4 aromatic rings. The lowest BCUT2D eigenvalue weighted by molar-refractivity contribution is 0.0945. The second kappa shape index (κ2) is 7.98. The standard InChI is InChI=1S/C23H21N3O/c27-23(20-16-26-21-12-5-4-11-19(20)21)22(17-8-2-1-3-9-17)25-15-13-18-10-6-7-14-24-18/h1-12,14,16,22,25-26H,13,15H2/t22-/m1/s1. The van der Waals surface area contributed by atoms with Gasteiger partial charge in [-0.1, -0.05) is 54.6 Å². The lowest BCUT2D eigenvalue weighted by Crippen LogP contribution is -2.30. The number of ketones is 1. The third-order valence-electron chi connectivity index (χ3n) is 4.71. The number of nitrogens with one attached hydrogen (secondary N) is 2. The monoisotopic (exact) mass is 355 g/mol. The molecule has 0 fully saturated rings. The lowest BCUT2D eigenvalue weighted by Gasteiger charge is -2.18. The van der Waals surface area contributed by atoms with Gasteiger partial charge in [-0.25, -0.2) is 0 Å². The van der Waals surface area contributed by atoms with Gasteiger partial charge in [0.15, 0.2) is 5.78 Å². The van der Waals surface area contributed by atoms with Gasteiger partial charge in [0.25, 0.3) is 0 Å². The van der Waals surface area contributed by atoms with Gasteiger partial charge in [-0.05, 0) is 23.8 Å². The van der Waals surface area contributed by atoms with Crippen LogP contribution in [0, 0.1) is 0 Å². The number of Topliss-reactive ketones (excluding diaryl/α,β-unsaturated/α-hetero) is 1. The molecule has 4 rings (SSSR count). The summed E-state index contributed by atoms with van der Waals surface area (Å²) in [5.74, 6) is 0.0691. The Morgan fingerprint density at radius 2 is 1.74 bits per heavy atom. The number of benzene rings is 2. The number of nitrogens with zero attached hydrogens (tertiary/aromatic N) is 1. The fourth-order valence-electron chi connectivity index (χ4n) is 3.33. The Labute approximate surface area is 158 Å². The van der Waals surface area contributed by atoms with E-state index in [2.05, 4.69) is 15.3 Å². The van der Waals surface area contributed by atoms with E-state index in [0.29, 0.717) is 12.1 Å². The predicted octanol–water partition coefficient (Wildman–Crippen LogP) is 4.32. The van der Waals surface area contributed by atoms with Crippen molar-refractivity contribution in [1.29, 1.82) is 0 Å². The third-order valence-corrected chi connectivity index (χ3v) is 4.71. The molecule has 0 bridgehead atoms. The average molecular weight is 355 g/mol. The Hall–Kier alpha value is -3.24. The second-order valence-corrected chi connectivity index (χ2v) is 6.48. The van der Waals surface area contributed by atoms with Gasteiger partial charge in [-0.15, -0.1) is 0 Å². The first-order chi connectivity index (χ1) is 13.3. The van der Waals surface area contributed by atoms with Gasteiger partial charge in [0.1, 0.15) is 0 Å². The molecular weight excluding hydrogens is 334 g/mol. The topological polar surface area (TPSA) is 57.8 Å². The molecule has 2 aromatic carbocycles. The van der Waals surface area contributed by atoms with Gasteiger partial charge in [0.2, 0.25) is 0 Å². The number of fused-ring (bicyclic) bond motifs is 1. The molecule has 0 spiro atoms. The van der Waals surface area contributed by atoms with E-state index >= 15 is 0 Å². The Bertz CT molecular complexity index is 1030. The summed E-state index contributed by atoms with van der Waals surface area (Å²) in [5, 5.41) is 4.39. The number of carbonyl (C=O) groups excluding carboxylic acids is 1. The van der Waals surface area contributed by atoms with E-state index in [4.69, 9.17) is 0 Å².